The highest BCUT2D eigenvalue weighted by Crippen LogP contribution is 2.39. The second-order valence-corrected chi connectivity index (χ2v) is 7.23. The van der Waals surface area contributed by atoms with Gasteiger partial charge < -0.3 is 25.5 Å². The average molecular weight is 377 g/mol. The number of amides is 1. The number of aliphatic hydroxyl groups is 3. The molecule has 2 rings (SSSR count). The Kier molecular flexibility index (Phi) is 8.61. The third-order valence-corrected chi connectivity index (χ3v) is 5.12. The van der Waals surface area contributed by atoms with Crippen LogP contribution in [0.3, 0.4) is 0 Å². The van der Waals surface area contributed by atoms with E-state index in [1.54, 1.807) is 12.3 Å². The molecule has 0 spiro atoms. The summed E-state index contributed by atoms with van der Waals surface area (Å²) in [6, 6.07) is 3.78. The largest absolute Gasteiger partial charge is 0.512 e. The molecule has 1 aromatic heterocycles. The molecule has 6 nitrogen and oxygen atoms in total. The molecular weight excluding hydrogens is 346 g/mol. The number of furan rings is 1. The lowest BCUT2D eigenvalue weighted by Crippen LogP contribution is -2.23. The van der Waals surface area contributed by atoms with Gasteiger partial charge in [-0.25, -0.2) is 0 Å². The number of hydrogen-bond acceptors (Lipinski definition) is 5. The number of aryl methyl sites for hydroxylation is 1. The molecule has 1 saturated carbocycles. The van der Waals surface area contributed by atoms with E-state index in [-0.39, 0.29) is 24.0 Å². The number of aliphatic hydroxyl groups excluding tert-OH is 3. The highest BCUT2D eigenvalue weighted by Gasteiger charge is 2.43. The zero-order valence-corrected chi connectivity index (χ0v) is 15.7. The first-order chi connectivity index (χ1) is 13.0. The van der Waals surface area contributed by atoms with Gasteiger partial charge in [0.25, 0.3) is 0 Å². The van der Waals surface area contributed by atoms with E-state index in [2.05, 4.69) is 0 Å². The Bertz CT molecular complexity index is 623. The normalized spacial score (nSPS) is 26.1. The van der Waals surface area contributed by atoms with Gasteiger partial charge in [0.2, 0.25) is 5.91 Å². The molecule has 0 bridgehead atoms. The Morgan fingerprint density at radius 2 is 2.04 bits per heavy atom. The van der Waals surface area contributed by atoms with E-state index in [4.69, 9.17) is 10.2 Å². The van der Waals surface area contributed by atoms with Gasteiger partial charge in [-0.15, -0.1) is 0 Å². The van der Waals surface area contributed by atoms with Crippen LogP contribution in [0.2, 0.25) is 0 Å². The molecule has 1 aliphatic rings. The van der Waals surface area contributed by atoms with Gasteiger partial charge in [-0.05, 0) is 50.3 Å². The Morgan fingerprint density at radius 3 is 2.74 bits per heavy atom. The summed E-state index contributed by atoms with van der Waals surface area (Å²) in [6.07, 6.45) is 10.9. The van der Waals surface area contributed by atoms with Gasteiger partial charge in [0.15, 0.2) is 0 Å². The van der Waals surface area contributed by atoms with Crippen molar-refractivity contribution < 1.29 is 24.5 Å². The number of nitrogens with two attached hydrogens (primary N) is 1. The van der Waals surface area contributed by atoms with E-state index in [9.17, 15) is 20.1 Å². The first-order valence-electron chi connectivity index (χ1n) is 9.70. The minimum absolute atomic E-state index is 0.158. The molecule has 0 aromatic carbocycles. The Balaban J connectivity index is 1.82. The molecule has 1 aromatic rings. The van der Waals surface area contributed by atoms with E-state index in [0.717, 1.165) is 25.0 Å². The van der Waals surface area contributed by atoms with Crippen LogP contribution in [0.5, 0.6) is 0 Å². The molecule has 4 atom stereocenters. The predicted octanol–water partition coefficient (Wildman–Crippen LogP) is 3.00. The first-order valence-corrected chi connectivity index (χ1v) is 9.70. The van der Waals surface area contributed by atoms with Crippen molar-refractivity contribution in [3.8, 4) is 0 Å². The van der Waals surface area contributed by atoms with Crippen LogP contribution in [0.25, 0.3) is 0 Å². The first kappa shape index (κ1) is 21.3. The molecule has 0 saturated heterocycles. The highest BCUT2D eigenvalue weighted by molar-refractivity contribution is 5.73. The summed E-state index contributed by atoms with van der Waals surface area (Å²) in [4.78, 5) is 10.7. The van der Waals surface area contributed by atoms with Crippen molar-refractivity contribution in [2.75, 3.05) is 0 Å². The van der Waals surface area contributed by atoms with Crippen molar-refractivity contribution in [1.29, 1.82) is 0 Å². The molecule has 0 aliphatic heterocycles. The maximum atomic E-state index is 10.7. The Morgan fingerprint density at radius 1 is 1.22 bits per heavy atom. The molecule has 6 heteroatoms. The maximum Gasteiger partial charge on any atom is 0.217 e. The van der Waals surface area contributed by atoms with Gasteiger partial charge >= 0.3 is 0 Å². The summed E-state index contributed by atoms with van der Waals surface area (Å²) in [6.45, 7) is 0. The van der Waals surface area contributed by atoms with E-state index in [1.807, 2.05) is 24.3 Å². The molecule has 0 radical (unpaired) electrons. The van der Waals surface area contributed by atoms with Crippen molar-refractivity contribution >= 4 is 5.91 Å². The number of carbonyl (C=O) groups is 1. The highest BCUT2D eigenvalue weighted by atomic mass is 16.3. The SMILES string of the molecule is NC(=O)CCC/C=C\CC1C(/C(O)=C\CCCc2ccco2)[C@H](O)C[C@@H]1O. The summed E-state index contributed by atoms with van der Waals surface area (Å²) in [5.74, 6) is 0.108. The molecular formula is C21H31NO5. The minimum atomic E-state index is -0.741. The Hall–Kier alpha value is -2.05. The van der Waals surface area contributed by atoms with Crippen LogP contribution in [0.1, 0.15) is 50.7 Å². The summed E-state index contributed by atoms with van der Waals surface area (Å²) in [7, 11) is 0. The molecule has 27 heavy (non-hydrogen) atoms. The lowest BCUT2D eigenvalue weighted by molar-refractivity contribution is -0.118. The molecule has 5 N–H and O–H groups in total. The fourth-order valence-electron chi connectivity index (χ4n) is 3.70. The lowest BCUT2D eigenvalue weighted by atomic mass is 9.88. The zero-order chi connectivity index (χ0) is 19.6. The van der Waals surface area contributed by atoms with E-state index in [0.29, 0.717) is 25.7 Å². The van der Waals surface area contributed by atoms with E-state index < -0.39 is 18.1 Å². The van der Waals surface area contributed by atoms with Gasteiger partial charge in [0.05, 0.1) is 24.2 Å². The molecule has 1 amide bonds. The van der Waals surface area contributed by atoms with Crippen molar-refractivity contribution in [2.45, 2.75) is 63.6 Å². The Labute approximate surface area is 160 Å². The van der Waals surface area contributed by atoms with Crippen molar-refractivity contribution in [2.24, 2.45) is 17.6 Å². The molecule has 150 valence electrons. The third-order valence-electron chi connectivity index (χ3n) is 5.12. The predicted molar refractivity (Wildman–Crippen MR) is 103 cm³/mol. The second kappa shape index (κ2) is 10.9. The molecule has 1 heterocycles. The number of carbonyl (C=O) groups excluding carboxylic acids is 1. The van der Waals surface area contributed by atoms with Crippen molar-refractivity contribution in [3.63, 3.8) is 0 Å². The molecule has 1 fully saturated rings. The van der Waals surface area contributed by atoms with Crippen LogP contribution in [0.4, 0.5) is 0 Å². The monoisotopic (exact) mass is 377 g/mol. The number of hydrogen-bond donors (Lipinski definition) is 4. The van der Waals surface area contributed by atoms with Crippen LogP contribution in [0.15, 0.2) is 46.8 Å². The molecule has 1 aliphatic carbocycles. The fraction of sp³-hybridized carbons (Fsp3) is 0.571. The lowest BCUT2D eigenvalue weighted by Gasteiger charge is -2.22. The molecule has 2 unspecified atom stereocenters. The quantitative estimate of drug-likeness (QED) is 0.269. The number of allylic oxidation sites excluding steroid dienone is 3. The number of unbranched alkanes of at least 4 members (excludes halogenated alkanes) is 2. The van der Waals surface area contributed by atoms with E-state index in [1.165, 1.54) is 0 Å². The topological polar surface area (TPSA) is 117 Å². The van der Waals surface area contributed by atoms with E-state index >= 15 is 0 Å². The fourth-order valence-corrected chi connectivity index (χ4v) is 3.70. The number of rotatable bonds is 11. The second-order valence-electron chi connectivity index (χ2n) is 7.23. The van der Waals surface area contributed by atoms with Crippen LogP contribution in [-0.2, 0) is 11.2 Å². The van der Waals surface area contributed by atoms with Crippen LogP contribution in [0, 0.1) is 11.8 Å². The van der Waals surface area contributed by atoms with Gasteiger partial charge in [-0.1, -0.05) is 12.2 Å². The zero-order valence-electron chi connectivity index (χ0n) is 15.7. The number of primary amides is 1. The van der Waals surface area contributed by atoms with Crippen LogP contribution < -0.4 is 5.73 Å². The van der Waals surface area contributed by atoms with Gasteiger partial charge in [-0.2, -0.15) is 0 Å². The van der Waals surface area contributed by atoms with Gasteiger partial charge in [0, 0.05) is 31.1 Å². The van der Waals surface area contributed by atoms with Crippen molar-refractivity contribution in [3.05, 3.63) is 48.1 Å². The summed E-state index contributed by atoms with van der Waals surface area (Å²) < 4.78 is 5.28. The third kappa shape index (κ3) is 6.88. The smallest absolute Gasteiger partial charge is 0.217 e. The minimum Gasteiger partial charge on any atom is -0.512 e. The average Bonchev–Trinajstić information content (AvgIpc) is 3.22. The van der Waals surface area contributed by atoms with Crippen LogP contribution >= 0.6 is 0 Å². The summed E-state index contributed by atoms with van der Waals surface area (Å²) in [5, 5.41) is 31.0. The van der Waals surface area contributed by atoms with Crippen molar-refractivity contribution in [1.82, 2.24) is 0 Å². The summed E-state index contributed by atoms with van der Waals surface area (Å²) in [5.41, 5.74) is 5.11. The van der Waals surface area contributed by atoms with Gasteiger partial charge in [0.1, 0.15) is 5.76 Å². The standard InChI is InChI=1S/C21H31NO5/c22-20(26)12-4-2-1-3-10-16-18(24)14-19(25)21(16)17(23)11-6-5-8-15-9-7-13-27-15/h1,3,7,9,11,13,16,18-19,21,23-25H,2,4-6,8,10,12,14H2,(H2,22,26)/b3-1-,17-11+/t16?,18-,19+,21?/m0/s1. The summed E-state index contributed by atoms with van der Waals surface area (Å²) >= 11 is 0. The van der Waals surface area contributed by atoms with Gasteiger partial charge in [-0.3, -0.25) is 4.79 Å². The maximum absolute atomic E-state index is 10.7. The van der Waals surface area contributed by atoms with Crippen LogP contribution in [-0.4, -0.2) is 33.4 Å².